The molecule has 0 atom stereocenters. The summed E-state index contributed by atoms with van der Waals surface area (Å²) in [6.45, 7) is 4.46. The van der Waals surface area contributed by atoms with Gasteiger partial charge in [0.1, 0.15) is 29.2 Å². The SMILES string of the molecule is Cc1c(C#N)c(NC(=O)CN(Cc2ccco2)Cc2ccco2)n(-c2cccc(F)c2)c1C. The van der Waals surface area contributed by atoms with Crippen LogP contribution in [0.5, 0.6) is 0 Å². The molecule has 8 heteroatoms. The summed E-state index contributed by atoms with van der Waals surface area (Å²) >= 11 is 0. The Morgan fingerprint density at radius 2 is 1.76 bits per heavy atom. The Hall–Kier alpha value is -4.09. The van der Waals surface area contributed by atoms with E-state index in [1.807, 2.05) is 24.0 Å². The van der Waals surface area contributed by atoms with E-state index in [1.54, 1.807) is 48.3 Å². The van der Waals surface area contributed by atoms with E-state index in [0.717, 1.165) is 11.3 Å². The van der Waals surface area contributed by atoms with Crippen molar-refractivity contribution in [1.82, 2.24) is 9.47 Å². The first-order valence-electron chi connectivity index (χ1n) is 10.4. The molecule has 1 amide bonds. The molecule has 0 aliphatic rings. The summed E-state index contributed by atoms with van der Waals surface area (Å²) in [6.07, 6.45) is 3.16. The normalized spacial score (nSPS) is 11.0. The van der Waals surface area contributed by atoms with Crippen LogP contribution in [0.4, 0.5) is 10.2 Å². The van der Waals surface area contributed by atoms with E-state index in [0.29, 0.717) is 41.7 Å². The predicted molar refractivity (Wildman–Crippen MR) is 120 cm³/mol. The minimum absolute atomic E-state index is 0.0265. The second-order valence-electron chi connectivity index (χ2n) is 7.71. The zero-order valence-electron chi connectivity index (χ0n) is 18.3. The molecule has 0 fully saturated rings. The number of nitrogens with zero attached hydrogens (tertiary/aromatic N) is 3. The molecule has 168 valence electrons. The summed E-state index contributed by atoms with van der Waals surface area (Å²) in [7, 11) is 0. The zero-order chi connectivity index (χ0) is 23.4. The summed E-state index contributed by atoms with van der Waals surface area (Å²) in [5, 5.41) is 12.6. The minimum atomic E-state index is -0.405. The Labute approximate surface area is 190 Å². The largest absolute Gasteiger partial charge is 0.468 e. The van der Waals surface area contributed by atoms with Crippen molar-refractivity contribution >= 4 is 11.7 Å². The lowest BCUT2D eigenvalue weighted by molar-refractivity contribution is -0.117. The van der Waals surface area contributed by atoms with Gasteiger partial charge in [0, 0.05) is 5.69 Å². The van der Waals surface area contributed by atoms with Crippen LogP contribution >= 0.6 is 0 Å². The Bertz CT molecular complexity index is 1250. The lowest BCUT2D eigenvalue weighted by atomic mass is 10.2. The van der Waals surface area contributed by atoms with Gasteiger partial charge in [0.2, 0.25) is 5.91 Å². The number of nitrogens with one attached hydrogen (secondary N) is 1. The molecule has 4 rings (SSSR count). The summed E-state index contributed by atoms with van der Waals surface area (Å²) < 4.78 is 26.5. The van der Waals surface area contributed by atoms with Crippen molar-refractivity contribution in [3.05, 3.63) is 95.2 Å². The number of rotatable bonds is 8. The van der Waals surface area contributed by atoms with Crippen LogP contribution in [-0.2, 0) is 17.9 Å². The maximum absolute atomic E-state index is 13.9. The highest BCUT2D eigenvalue weighted by atomic mass is 19.1. The molecule has 0 saturated carbocycles. The second-order valence-corrected chi connectivity index (χ2v) is 7.71. The number of furan rings is 2. The van der Waals surface area contributed by atoms with Gasteiger partial charge in [-0.15, -0.1) is 0 Å². The third-order valence-electron chi connectivity index (χ3n) is 5.44. The fourth-order valence-corrected chi connectivity index (χ4v) is 3.79. The number of anilines is 1. The number of aromatic nitrogens is 1. The van der Waals surface area contributed by atoms with Crippen molar-refractivity contribution < 1.29 is 18.0 Å². The molecular weight excluding hydrogens is 423 g/mol. The first-order chi connectivity index (χ1) is 16.0. The fraction of sp³-hybridized carbons (Fsp3) is 0.200. The van der Waals surface area contributed by atoms with Crippen LogP contribution in [0.2, 0.25) is 0 Å². The number of halogens is 1. The molecular formula is C25H23FN4O3. The highest BCUT2D eigenvalue weighted by molar-refractivity contribution is 5.93. The quantitative estimate of drug-likeness (QED) is 0.415. The van der Waals surface area contributed by atoms with Crippen LogP contribution in [-0.4, -0.2) is 21.9 Å². The molecule has 0 aliphatic carbocycles. The van der Waals surface area contributed by atoms with Gasteiger partial charge in [-0.05, 0) is 61.9 Å². The van der Waals surface area contributed by atoms with Crippen molar-refractivity contribution in [3.8, 4) is 11.8 Å². The molecule has 7 nitrogen and oxygen atoms in total. The Kier molecular flexibility index (Phi) is 6.43. The van der Waals surface area contributed by atoms with Gasteiger partial charge in [-0.2, -0.15) is 5.26 Å². The van der Waals surface area contributed by atoms with Gasteiger partial charge in [0.15, 0.2) is 0 Å². The van der Waals surface area contributed by atoms with E-state index in [1.165, 1.54) is 12.1 Å². The number of carbonyl (C=O) groups excluding carboxylic acids is 1. The van der Waals surface area contributed by atoms with Gasteiger partial charge >= 0.3 is 0 Å². The zero-order valence-corrected chi connectivity index (χ0v) is 18.3. The predicted octanol–water partition coefficient (Wildman–Crippen LogP) is 4.93. The monoisotopic (exact) mass is 446 g/mol. The van der Waals surface area contributed by atoms with E-state index < -0.39 is 5.82 Å². The third-order valence-corrected chi connectivity index (χ3v) is 5.44. The van der Waals surface area contributed by atoms with E-state index in [4.69, 9.17) is 8.83 Å². The van der Waals surface area contributed by atoms with Gasteiger partial charge in [-0.3, -0.25) is 14.3 Å². The average molecular weight is 446 g/mol. The molecule has 0 saturated heterocycles. The Balaban J connectivity index is 1.61. The van der Waals surface area contributed by atoms with Gasteiger partial charge < -0.3 is 14.2 Å². The van der Waals surface area contributed by atoms with Crippen LogP contribution in [0.15, 0.2) is 69.9 Å². The Morgan fingerprint density at radius 3 is 2.30 bits per heavy atom. The molecule has 0 bridgehead atoms. The number of nitriles is 1. The molecule has 33 heavy (non-hydrogen) atoms. The smallest absolute Gasteiger partial charge is 0.239 e. The lowest BCUT2D eigenvalue weighted by Gasteiger charge is -2.20. The van der Waals surface area contributed by atoms with E-state index in [-0.39, 0.29) is 12.5 Å². The van der Waals surface area contributed by atoms with Crippen LogP contribution in [0, 0.1) is 31.0 Å². The fourth-order valence-electron chi connectivity index (χ4n) is 3.79. The van der Waals surface area contributed by atoms with Crippen molar-refractivity contribution in [2.45, 2.75) is 26.9 Å². The van der Waals surface area contributed by atoms with Gasteiger partial charge in [-0.1, -0.05) is 6.07 Å². The van der Waals surface area contributed by atoms with Crippen molar-refractivity contribution in [1.29, 1.82) is 5.26 Å². The second kappa shape index (κ2) is 9.59. The highest BCUT2D eigenvalue weighted by Crippen LogP contribution is 2.30. The standard InChI is InChI=1S/C25H23FN4O3/c1-17-18(2)30(20-7-3-6-19(26)12-20)25(23(17)13-27)28-24(31)16-29(14-21-8-4-10-32-21)15-22-9-5-11-33-22/h3-12H,14-16H2,1-2H3,(H,28,31). The van der Waals surface area contributed by atoms with Crippen LogP contribution in [0.25, 0.3) is 5.69 Å². The Morgan fingerprint density at radius 1 is 1.09 bits per heavy atom. The van der Waals surface area contributed by atoms with Crippen molar-refractivity contribution in [2.75, 3.05) is 11.9 Å². The van der Waals surface area contributed by atoms with Gasteiger partial charge in [-0.25, -0.2) is 4.39 Å². The molecule has 0 aliphatic heterocycles. The van der Waals surface area contributed by atoms with E-state index in [9.17, 15) is 14.4 Å². The first kappa shape index (κ1) is 22.1. The maximum atomic E-state index is 13.9. The number of carbonyl (C=O) groups is 1. The average Bonchev–Trinajstić information content (AvgIpc) is 3.52. The topological polar surface area (TPSA) is 87.3 Å². The lowest BCUT2D eigenvalue weighted by Crippen LogP contribution is -2.33. The van der Waals surface area contributed by atoms with Crippen LogP contribution < -0.4 is 5.32 Å². The molecule has 3 heterocycles. The highest BCUT2D eigenvalue weighted by Gasteiger charge is 2.22. The van der Waals surface area contributed by atoms with E-state index >= 15 is 0 Å². The summed E-state index contributed by atoms with van der Waals surface area (Å²) in [5.41, 5.74) is 2.33. The van der Waals surface area contributed by atoms with Crippen LogP contribution in [0.1, 0.15) is 28.3 Å². The molecule has 1 N–H and O–H groups in total. The molecule has 0 spiro atoms. The number of benzene rings is 1. The third kappa shape index (κ3) is 4.89. The summed E-state index contributed by atoms with van der Waals surface area (Å²) in [5.74, 6) is 1.01. The van der Waals surface area contributed by atoms with Crippen molar-refractivity contribution in [2.24, 2.45) is 0 Å². The molecule has 3 aromatic heterocycles. The number of hydrogen-bond acceptors (Lipinski definition) is 5. The molecule has 4 aromatic rings. The van der Waals surface area contributed by atoms with E-state index in [2.05, 4.69) is 11.4 Å². The first-order valence-corrected chi connectivity index (χ1v) is 10.4. The maximum Gasteiger partial charge on any atom is 0.239 e. The number of amides is 1. The summed E-state index contributed by atoms with van der Waals surface area (Å²) in [6, 6.07) is 15.4. The van der Waals surface area contributed by atoms with Crippen molar-refractivity contribution in [3.63, 3.8) is 0 Å². The number of hydrogen-bond donors (Lipinski definition) is 1. The minimum Gasteiger partial charge on any atom is -0.468 e. The molecule has 0 unspecified atom stereocenters. The van der Waals surface area contributed by atoms with Crippen LogP contribution in [0.3, 0.4) is 0 Å². The van der Waals surface area contributed by atoms with Gasteiger partial charge in [0.05, 0.1) is 43.4 Å². The molecule has 1 aromatic carbocycles. The summed E-state index contributed by atoms with van der Waals surface area (Å²) in [4.78, 5) is 15.0. The molecule has 0 radical (unpaired) electrons. The van der Waals surface area contributed by atoms with Gasteiger partial charge in [0.25, 0.3) is 0 Å².